The van der Waals surface area contributed by atoms with Crippen molar-refractivity contribution in [3.63, 3.8) is 0 Å². The van der Waals surface area contributed by atoms with E-state index >= 15 is 0 Å². The monoisotopic (exact) mass is 466 g/mol. The molecule has 2 rings (SSSR count). The lowest BCUT2D eigenvalue weighted by Crippen LogP contribution is -2.57. The Labute approximate surface area is 184 Å². The van der Waals surface area contributed by atoms with E-state index in [1.54, 1.807) is 30.3 Å². The normalized spacial score (nSPS) is 13.0. The summed E-state index contributed by atoms with van der Waals surface area (Å²) in [7, 11) is -4.47. The van der Waals surface area contributed by atoms with Gasteiger partial charge in [0.2, 0.25) is 15.9 Å². The summed E-state index contributed by atoms with van der Waals surface area (Å²) in [6, 6.07) is 13.1. The van der Waals surface area contributed by atoms with Gasteiger partial charge < -0.3 is 20.9 Å². The summed E-state index contributed by atoms with van der Waals surface area (Å²) in [5.74, 6) is -5.78. The molecule has 2 aromatic rings. The summed E-state index contributed by atoms with van der Waals surface area (Å²) >= 11 is 0. The molecular formula is C20H23FN4O6S. The van der Waals surface area contributed by atoms with Crippen LogP contribution in [0.1, 0.15) is 18.4 Å². The van der Waals surface area contributed by atoms with E-state index < -0.39 is 34.2 Å². The molecule has 0 aromatic heterocycles. The number of alkyl halides is 1. The first kappa shape index (κ1) is 24.8. The second-order valence-corrected chi connectivity index (χ2v) is 8.37. The number of carbonyl (C=O) groups excluding carboxylic acids is 1. The Balaban J connectivity index is 1.83. The maximum absolute atomic E-state index is 14.8. The number of aliphatic carboxylic acids is 1. The van der Waals surface area contributed by atoms with Crippen molar-refractivity contribution in [3.8, 4) is 5.75 Å². The number of hydrogen-bond acceptors (Lipinski definition) is 6. The third-order valence-corrected chi connectivity index (χ3v) is 5.69. The molecule has 12 heteroatoms. The van der Waals surface area contributed by atoms with E-state index in [1.807, 2.05) is 0 Å². The van der Waals surface area contributed by atoms with Gasteiger partial charge in [-0.15, -0.1) is 0 Å². The number of amides is 1. The molecule has 0 aliphatic carbocycles. The van der Waals surface area contributed by atoms with Gasteiger partial charge in [0.15, 0.2) is 0 Å². The SMILES string of the molecule is N=C(N)c1ccc(OCCCC(=O)NCC(F)(NS(=O)(=O)c2ccccc2)C(=O)O)cc1. The molecule has 172 valence electrons. The highest BCUT2D eigenvalue weighted by Crippen LogP contribution is 2.15. The Morgan fingerprint density at radius 1 is 1.12 bits per heavy atom. The van der Waals surface area contributed by atoms with Crippen LogP contribution in [0.3, 0.4) is 0 Å². The molecule has 10 nitrogen and oxygen atoms in total. The lowest BCUT2D eigenvalue weighted by atomic mass is 10.2. The first-order valence-electron chi connectivity index (χ1n) is 9.39. The molecule has 0 saturated heterocycles. The van der Waals surface area contributed by atoms with Crippen LogP contribution in [0.15, 0.2) is 59.5 Å². The van der Waals surface area contributed by atoms with E-state index in [1.165, 1.54) is 29.0 Å². The van der Waals surface area contributed by atoms with Gasteiger partial charge in [-0.25, -0.2) is 17.6 Å². The third-order valence-electron chi connectivity index (χ3n) is 4.20. The number of carboxylic acids is 1. The van der Waals surface area contributed by atoms with E-state index in [4.69, 9.17) is 21.0 Å². The number of hydrogen-bond donors (Lipinski definition) is 5. The molecule has 1 unspecified atom stereocenters. The molecule has 1 amide bonds. The van der Waals surface area contributed by atoms with Crippen molar-refractivity contribution in [2.24, 2.45) is 5.73 Å². The van der Waals surface area contributed by atoms with Crippen molar-refractivity contribution in [2.45, 2.75) is 23.5 Å². The molecule has 6 N–H and O–H groups in total. The number of nitrogen functional groups attached to an aromatic ring is 1. The Kier molecular flexibility index (Phi) is 8.27. The van der Waals surface area contributed by atoms with Crippen LogP contribution in [0.4, 0.5) is 4.39 Å². The molecule has 1 atom stereocenters. The topological polar surface area (TPSA) is 172 Å². The summed E-state index contributed by atoms with van der Waals surface area (Å²) in [4.78, 5) is 23.0. The van der Waals surface area contributed by atoms with Gasteiger partial charge in [0.05, 0.1) is 18.0 Å². The fraction of sp³-hybridized carbons (Fsp3) is 0.250. The van der Waals surface area contributed by atoms with E-state index in [2.05, 4.69) is 5.32 Å². The van der Waals surface area contributed by atoms with Gasteiger partial charge in [0.1, 0.15) is 11.6 Å². The number of sulfonamides is 1. The van der Waals surface area contributed by atoms with Crippen molar-refractivity contribution >= 4 is 27.7 Å². The number of nitrogens with one attached hydrogen (secondary N) is 3. The first-order chi connectivity index (χ1) is 15.0. The van der Waals surface area contributed by atoms with E-state index in [-0.39, 0.29) is 30.2 Å². The number of benzene rings is 2. The van der Waals surface area contributed by atoms with Crippen LogP contribution in [-0.2, 0) is 19.6 Å². The summed E-state index contributed by atoms with van der Waals surface area (Å²) < 4.78 is 46.2. The van der Waals surface area contributed by atoms with Gasteiger partial charge in [0, 0.05) is 12.0 Å². The lowest BCUT2D eigenvalue weighted by molar-refractivity contribution is -0.151. The Morgan fingerprint density at radius 2 is 1.75 bits per heavy atom. The number of amidine groups is 1. The number of ether oxygens (including phenoxy) is 1. The first-order valence-corrected chi connectivity index (χ1v) is 10.9. The summed E-state index contributed by atoms with van der Waals surface area (Å²) in [5.41, 5.74) is 5.89. The number of carbonyl (C=O) groups is 2. The molecule has 0 saturated carbocycles. The molecule has 2 aromatic carbocycles. The van der Waals surface area contributed by atoms with Gasteiger partial charge in [-0.1, -0.05) is 18.2 Å². The third kappa shape index (κ3) is 7.03. The Morgan fingerprint density at radius 3 is 2.31 bits per heavy atom. The quantitative estimate of drug-likeness (QED) is 0.134. The van der Waals surface area contributed by atoms with Crippen LogP contribution in [0.2, 0.25) is 0 Å². The molecule has 0 aliphatic heterocycles. The molecule has 0 fully saturated rings. The second kappa shape index (κ2) is 10.7. The zero-order valence-corrected chi connectivity index (χ0v) is 17.7. The Hall–Kier alpha value is -3.51. The molecule has 0 aliphatic rings. The smallest absolute Gasteiger partial charge is 0.359 e. The van der Waals surface area contributed by atoms with Crippen LogP contribution in [-0.4, -0.2) is 50.2 Å². The van der Waals surface area contributed by atoms with Crippen LogP contribution >= 0.6 is 0 Å². The maximum atomic E-state index is 14.8. The van der Waals surface area contributed by atoms with Crippen molar-refractivity contribution in [3.05, 3.63) is 60.2 Å². The average molecular weight is 466 g/mol. The summed E-state index contributed by atoms with van der Waals surface area (Å²) in [5, 5.41) is 18.6. The predicted octanol–water partition coefficient (Wildman–Crippen LogP) is 0.975. The van der Waals surface area contributed by atoms with Gasteiger partial charge in [-0.3, -0.25) is 10.2 Å². The zero-order chi connectivity index (χ0) is 23.8. The zero-order valence-electron chi connectivity index (χ0n) is 16.9. The summed E-state index contributed by atoms with van der Waals surface area (Å²) in [6.45, 7) is -0.951. The summed E-state index contributed by atoms with van der Waals surface area (Å²) in [6.07, 6.45) is 0.134. The molecule has 0 spiro atoms. The van der Waals surface area contributed by atoms with Gasteiger partial charge in [-0.2, -0.15) is 4.72 Å². The van der Waals surface area contributed by atoms with E-state index in [0.717, 1.165) is 0 Å². The fourth-order valence-electron chi connectivity index (χ4n) is 2.49. The minimum atomic E-state index is -4.47. The van der Waals surface area contributed by atoms with E-state index in [0.29, 0.717) is 11.3 Å². The lowest BCUT2D eigenvalue weighted by Gasteiger charge is -2.22. The highest BCUT2D eigenvalue weighted by atomic mass is 32.2. The number of halogens is 1. The standard InChI is InChI=1S/C20H23FN4O6S/c21-20(19(27)28,25-32(29,30)16-5-2-1-3-6-16)13-24-17(26)7-4-12-31-15-10-8-14(9-11-15)18(22)23/h1-3,5-6,8-11,25H,4,7,12-13H2,(H3,22,23)(H,24,26)(H,27,28). The minimum absolute atomic E-state index is 0.0791. The predicted molar refractivity (Wildman–Crippen MR) is 113 cm³/mol. The van der Waals surface area contributed by atoms with Crippen molar-refractivity contribution in [1.82, 2.24) is 10.0 Å². The largest absolute Gasteiger partial charge is 0.494 e. The highest BCUT2D eigenvalue weighted by Gasteiger charge is 2.43. The number of nitrogens with two attached hydrogens (primary N) is 1. The van der Waals surface area contributed by atoms with Crippen LogP contribution in [0.5, 0.6) is 5.75 Å². The fourth-order valence-corrected chi connectivity index (χ4v) is 3.71. The number of carboxylic acid groups (broad SMARTS) is 1. The van der Waals surface area contributed by atoms with Crippen molar-refractivity contribution in [2.75, 3.05) is 13.2 Å². The highest BCUT2D eigenvalue weighted by molar-refractivity contribution is 7.89. The van der Waals surface area contributed by atoms with Gasteiger partial charge >= 0.3 is 5.97 Å². The van der Waals surface area contributed by atoms with E-state index in [9.17, 15) is 22.4 Å². The Bertz CT molecular complexity index is 1060. The van der Waals surface area contributed by atoms with Crippen LogP contribution in [0.25, 0.3) is 0 Å². The molecule has 0 bridgehead atoms. The van der Waals surface area contributed by atoms with Crippen LogP contribution < -0.4 is 20.5 Å². The second-order valence-electron chi connectivity index (χ2n) is 6.69. The molecule has 32 heavy (non-hydrogen) atoms. The van der Waals surface area contributed by atoms with Crippen molar-refractivity contribution in [1.29, 1.82) is 5.41 Å². The average Bonchev–Trinajstić information content (AvgIpc) is 2.76. The molecular weight excluding hydrogens is 443 g/mol. The molecule has 0 radical (unpaired) electrons. The van der Waals surface area contributed by atoms with Crippen LogP contribution in [0, 0.1) is 5.41 Å². The van der Waals surface area contributed by atoms with Gasteiger partial charge in [0.25, 0.3) is 5.79 Å². The van der Waals surface area contributed by atoms with Crippen molar-refractivity contribution < 1.29 is 32.2 Å². The molecule has 0 heterocycles. The van der Waals surface area contributed by atoms with Gasteiger partial charge in [-0.05, 0) is 42.8 Å². The number of rotatable bonds is 12. The minimum Gasteiger partial charge on any atom is -0.494 e. The maximum Gasteiger partial charge on any atom is 0.359 e.